The number of fused-ring (bicyclic) bond motifs is 1. The summed E-state index contributed by atoms with van der Waals surface area (Å²) in [5, 5.41) is 0.567. The normalized spacial score (nSPS) is 16.2. The Bertz CT molecular complexity index is 453. The topological polar surface area (TPSA) is 52.0 Å². The average Bonchev–Trinajstić information content (AvgIpc) is 2.41. The van der Waals surface area contributed by atoms with Crippen LogP contribution < -0.4 is 0 Å². The maximum atomic E-state index is 11.1. The van der Waals surface area contributed by atoms with Gasteiger partial charge in [-0.05, 0) is 0 Å². The van der Waals surface area contributed by atoms with Crippen LogP contribution in [0.2, 0.25) is 5.15 Å². The molecule has 13 heavy (non-hydrogen) atoms. The van der Waals surface area contributed by atoms with Crippen molar-refractivity contribution in [2.24, 2.45) is 0 Å². The third kappa shape index (κ3) is 1.56. The van der Waals surface area contributed by atoms with Crippen LogP contribution in [0.5, 0.6) is 0 Å². The molecule has 0 fully saturated rings. The summed E-state index contributed by atoms with van der Waals surface area (Å²) in [6, 6.07) is 0. The van der Waals surface area contributed by atoms with Crippen molar-refractivity contribution in [2.45, 2.75) is 16.7 Å². The fourth-order valence-electron chi connectivity index (χ4n) is 1.20. The van der Waals surface area contributed by atoms with Crippen molar-refractivity contribution in [1.82, 2.24) is 9.55 Å². The van der Waals surface area contributed by atoms with Crippen LogP contribution in [0, 0.1) is 0 Å². The SMILES string of the molecule is O=S(=O)(Cl)c1c(Cl)nc2n1CC[SH]2. The molecule has 8 heteroatoms. The number of rotatable bonds is 1. The van der Waals surface area contributed by atoms with E-state index in [9.17, 15) is 8.42 Å². The quantitative estimate of drug-likeness (QED) is 0.611. The Morgan fingerprint density at radius 2 is 2.23 bits per heavy atom. The number of hydrogen-bond donors (Lipinski definition) is 1. The molecule has 0 amide bonds. The molecule has 4 nitrogen and oxygen atoms in total. The van der Waals surface area contributed by atoms with Crippen LogP contribution in [0.4, 0.5) is 0 Å². The van der Waals surface area contributed by atoms with Gasteiger partial charge >= 0.3 is 0 Å². The molecular weight excluding hydrogens is 255 g/mol. The van der Waals surface area contributed by atoms with Gasteiger partial charge in [0.2, 0.25) is 0 Å². The summed E-state index contributed by atoms with van der Waals surface area (Å²) in [6.45, 7) is 0.609. The number of nitrogens with zero attached hydrogens (tertiary/aromatic N) is 2. The molecule has 0 spiro atoms. The Balaban J connectivity index is 2.70. The number of imidazole rings is 1. The van der Waals surface area contributed by atoms with Gasteiger partial charge in [-0.15, -0.1) is 0 Å². The van der Waals surface area contributed by atoms with E-state index < -0.39 is 9.05 Å². The van der Waals surface area contributed by atoms with Gasteiger partial charge in [0.05, 0.1) is 0 Å². The second-order valence-electron chi connectivity index (χ2n) is 2.48. The number of thiol groups is 1. The summed E-state index contributed by atoms with van der Waals surface area (Å²) in [6.07, 6.45) is 0. The maximum Gasteiger partial charge on any atom is 0.280 e. The van der Waals surface area contributed by atoms with E-state index in [2.05, 4.69) is 4.98 Å². The molecule has 0 saturated carbocycles. The first kappa shape index (κ1) is 9.64. The van der Waals surface area contributed by atoms with Gasteiger partial charge in [-0.3, -0.25) is 0 Å². The molecule has 0 atom stereocenters. The lowest BCUT2D eigenvalue weighted by molar-refractivity contribution is 0.585. The van der Waals surface area contributed by atoms with Crippen molar-refractivity contribution in [1.29, 1.82) is 0 Å². The predicted octanol–water partition coefficient (Wildman–Crippen LogP) is 1.30. The van der Waals surface area contributed by atoms with Crippen molar-refractivity contribution in [2.75, 3.05) is 5.75 Å². The first-order valence-electron chi connectivity index (χ1n) is 3.38. The molecule has 73 valence electrons. The van der Waals surface area contributed by atoms with Gasteiger partial charge in [0, 0.05) is 23.0 Å². The van der Waals surface area contributed by atoms with E-state index in [0.717, 1.165) is 17.5 Å². The zero-order chi connectivity index (χ0) is 9.64. The van der Waals surface area contributed by atoms with Gasteiger partial charge in [-0.25, -0.2) is 13.4 Å². The number of halogens is 2. The Kier molecular flexibility index (Phi) is 2.26. The second kappa shape index (κ2) is 3.05. The molecule has 0 N–H and O–H groups in total. The summed E-state index contributed by atoms with van der Waals surface area (Å²) in [5.74, 6) is 0.860. The second-order valence-corrected chi connectivity index (χ2v) is 6.48. The molecule has 1 radical (unpaired) electrons. The third-order valence-electron chi connectivity index (χ3n) is 1.67. The molecule has 1 aliphatic heterocycles. The van der Waals surface area contributed by atoms with Crippen molar-refractivity contribution in [3.05, 3.63) is 5.15 Å². The lowest BCUT2D eigenvalue weighted by atomic mass is 10.7. The summed E-state index contributed by atoms with van der Waals surface area (Å²) in [7, 11) is 1.43. The first-order chi connectivity index (χ1) is 6.00. The summed E-state index contributed by atoms with van der Waals surface area (Å²) >= 11 is 6.64. The molecule has 1 aliphatic rings. The molecule has 2 rings (SSSR count). The molecular formula is C5H5Cl2N2O2S2. The van der Waals surface area contributed by atoms with Gasteiger partial charge in [0.25, 0.3) is 9.05 Å². The fraction of sp³-hybridized carbons (Fsp3) is 0.400. The van der Waals surface area contributed by atoms with Crippen LogP contribution in [-0.4, -0.2) is 23.7 Å². The first-order valence-corrected chi connectivity index (χ1v) is 7.15. The molecule has 0 aromatic carbocycles. The van der Waals surface area contributed by atoms with E-state index in [1.54, 1.807) is 4.57 Å². The monoisotopic (exact) mass is 259 g/mol. The standard InChI is InChI=1S/C5H5Cl2N2O2S2/c6-3-4(13(7,10)11)9-1-2-12-5(9)8-3/h12H,1-2H2. The van der Waals surface area contributed by atoms with E-state index in [0.29, 0.717) is 11.7 Å². The lowest BCUT2D eigenvalue weighted by Crippen LogP contribution is -2.03. The molecule has 0 aliphatic carbocycles. The van der Waals surface area contributed by atoms with E-state index in [-0.39, 0.29) is 10.2 Å². The fourth-order valence-corrected chi connectivity index (χ4v) is 4.13. The highest BCUT2D eigenvalue weighted by Crippen LogP contribution is 2.34. The highest BCUT2D eigenvalue weighted by Gasteiger charge is 2.27. The Morgan fingerprint density at radius 1 is 1.54 bits per heavy atom. The minimum atomic E-state index is -3.78. The number of hydrogen-bond acceptors (Lipinski definition) is 3. The minimum Gasteiger partial charge on any atom is -0.308 e. The Labute approximate surface area is 88.7 Å². The van der Waals surface area contributed by atoms with E-state index in [1.807, 2.05) is 0 Å². The summed E-state index contributed by atoms with van der Waals surface area (Å²) in [4.78, 5) is 3.91. The Morgan fingerprint density at radius 3 is 2.85 bits per heavy atom. The van der Waals surface area contributed by atoms with Gasteiger partial charge in [0.1, 0.15) is 0 Å². The molecule has 1 aromatic rings. The summed E-state index contributed by atoms with van der Waals surface area (Å²) in [5.41, 5.74) is 0. The average molecular weight is 260 g/mol. The van der Waals surface area contributed by atoms with Crippen LogP contribution in [0.1, 0.15) is 0 Å². The zero-order valence-corrected chi connectivity index (χ0v) is 9.46. The van der Waals surface area contributed by atoms with Crippen LogP contribution >= 0.6 is 34.0 Å². The zero-order valence-electron chi connectivity index (χ0n) is 6.24. The highest BCUT2D eigenvalue weighted by molar-refractivity contribution is 8.13. The van der Waals surface area contributed by atoms with Crippen LogP contribution in [0.15, 0.2) is 10.2 Å². The lowest BCUT2D eigenvalue weighted by Gasteiger charge is -1.99. The molecule has 2 heterocycles. The van der Waals surface area contributed by atoms with Crippen LogP contribution in [0.25, 0.3) is 0 Å². The van der Waals surface area contributed by atoms with Gasteiger partial charge in [-0.1, -0.05) is 11.6 Å². The van der Waals surface area contributed by atoms with Gasteiger partial charge in [0.15, 0.2) is 15.3 Å². The molecule has 0 unspecified atom stereocenters. The number of aromatic nitrogens is 2. The van der Waals surface area contributed by atoms with Crippen molar-refractivity contribution < 1.29 is 8.42 Å². The third-order valence-corrected chi connectivity index (χ3v) is 4.41. The van der Waals surface area contributed by atoms with Crippen molar-refractivity contribution in [3.8, 4) is 0 Å². The van der Waals surface area contributed by atoms with E-state index >= 15 is 0 Å². The van der Waals surface area contributed by atoms with Crippen molar-refractivity contribution >= 4 is 43.1 Å². The van der Waals surface area contributed by atoms with Gasteiger partial charge < -0.3 is 4.57 Å². The smallest absolute Gasteiger partial charge is 0.280 e. The minimum absolute atomic E-state index is 0.0304. The molecule has 0 bridgehead atoms. The maximum absolute atomic E-state index is 11.1. The predicted molar refractivity (Wildman–Crippen MR) is 52.4 cm³/mol. The van der Waals surface area contributed by atoms with Crippen molar-refractivity contribution in [3.63, 3.8) is 0 Å². The van der Waals surface area contributed by atoms with Crippen LogP contribution in [-0.2, 0) is 15.6 Å². The summed E-state index contributed by atoms with van der Waals surface area (Å²) < 4.78 is 23.7. The largest absolute Gasteiger partial charge is 0.308 e. The Hall–Kier alpha value is 0.0900. The van der Waals surface area contributed by atoms with E-state index in [1.165, 1.54) is 0 Å². The molecule has 1 aromatic heterocycles. The van der Waals surface area contributed by atoms with Crippen LogP contribution in [0.3, 0.4) is 0 Å². The van der Waals surface area contributed by atoms with E-state index in [4.69, 9.17) is 22.3 Å². The molecule has 0 saturated heterocycles. The highest BCUT2D eigenvalue weighted by atomic mass is 35.7. The van der Waals surface area contributed by atoms with Gasteiger partial charge in [-0.2, -0.15) is 11.8 Å².